The molecule has 0 spiro atoms. The van der Waals surface area contributed by atoms with Gasteiger partial charge in [0.15, 0.2) is 5.78 Å². The van der Waals surface area contributed by atoms with Crippen molar-refractivity contribution in [2.75, 3.05) is 11.9 Å². The van der Waals surface area contributed by atoms with Crippen LogP contribution in [0.4, 0.5) is 14.9 Å². The SMILES string of the molecule is CN1C(=O)N(c2cccc(CF)c2)C2=C(C(=O)CC2)C1c1ccc(C#N)cc1. The number of urea groups is 1. The summed E-state index contributed by atoms with van der Waals surface area (Å²) in [6, 6.07) is 15.0. The number of halogens is 1. The maximum Gasteiger partial charge on any atom is 0.329 e. The van der Waals surface area contributed by atoms with Crippen LogP contribution in [0.3, 0.4) is 0 Å². The number of ketones is 1. The number of allylic oxidation sites excluding steroid dienone is 1. The van der Waals surface area contributed by atoms with Crippen LogP contribution in [-0.4, -0.2) is 23.8 Å². The number of anilines is 1. The van der Waals surface area contributed by atoms with Crippen LogP contribution in [0.1, 0.15) is 35.6 Å². The Bertz CT molecular complexity index is 1040. The Kier molecular flexibility index (Phi) is 4.44. The van der Waals surface area contributed by atoms with Gasteiger partial charge < -0.3 is 4.90 Å². The maximum atomic E-state index is 13.2. The fourth-order valence-corrected chi connectivity index (χ4v) is 3.96. The van der Waals surface area contributed by atoms with E-state index in [0.29, 0.717) is 40.9 Å². The average Bonchev–Trinajstić information content (AvgIpc) is 3.10. The van der Waals surface area contributed by atoms with Gasteiger partial charge in [0.05, 0.1) is 23.4 Å². The van der Waals surface area contributed by atoms with E-state index in [9.17, 15) is 14.0 Å². The zero-order valence-electron chi connectivity index (χ0n) is 15.4. The first-order chi connectivity index (χ1) is 13.5. The van der Waals surface area contributed by atoms with Crippen molar-refractivity contribution >= 4 is 17.5 Å². The molecule has 2 aromatic carbocycles. The van der Waals surface area contributed by atoms with Gasteiger partial charge in [-0.05, 0) is 41.8 Å². The number of nitriles is 1. The number of alkyl halides is 1. The summed E-state index contributed by atoms with van der Waals surface area (Å²) in [7, 11) is 1.66. The number of carbonyl (C=O) groups excluding carboxylic acids is 2. The second-order valence-electron chi connectivity index (χ2n) is 6.95. The van der Waals surface area contributed by atoms with Gasteiger partial charge in [-0.1, -0.05) is 24.3 Å². The molecule has 6 heteroatoms. The standard InChI is InChI=1S/C22H18FN3O2/c1-25-21(16-7-5-14(13-24)6-8-16)20-18(9-10-19(20)27)26(22(25)28)17-4-2-3-15(11-17)12-23/h2-8,11,21H,9-10,12H2,1H3. The molecule has 1 aliphatic heterocycles. The highest BCUT2D eigenvalue weighted by atomic mass is 19.1. The van der Waals surface area contributed by atoms with Gasteiger partial charge in [-0.25, -0.2) is 9.18 Å². The Morgan fingerprint density at radius 2 is 1.89 bits per heavy atom. The van der Waals surface area contributed by atoms with E-state index in [1.54, 1.807) is 55.6 Å². The monoisotopic (exact) mass is 375 g/mol. The summed E-state index contributed by atoms with van der Waals surface area (Å²) in [4.78, 5) is 29.0. The first kappa shape index (κ1) is 17.9. The lowest BCUT2D eigenvalue weighted by molar-refractivity contribution is -0.115. The number of benzene rings is 2. The van der Waals surface area contributed by atoms with E-state index < -0.39 is 12.7 Å². The van der Waals surface area contributed by atoms with Crippen molar-refractivity contribution < 1.29 is 14.0 Å². The van der Waals surface area contributed by atoms with E-state index in [0.717, 1.165) is 5.56 Å². The molecule has 0 bridgehead atoms. The molecule has 28 heavy (non-hydrogen) atoms. The smallest absolute Gasteiger partial charge is 0.316 e. The zero-order valence-corrected chi connectivity index (χ0v) is 15.4. The van der Waals surface area contributed by atoms with Gasteiger partial charge in [0.25, 0.3) is 0 Å². The maximum absolute atomic E-state index is 13.2. The van der Waals surface area contributed by atoms with Crippen LogP contribution in [0.2, 0.25) is 0 Å². The van der Waals surface area contributed by atoms with E-state index in [-0.39, 0.29) is 11.8 Å². The number of Topliss-reactive ketones (excluding diaryl/α,β-unsaturated/α-hetero) is 1. The molecule has 0 aromatic heterocycles. The summed E-state index contributed by atoms with van der Waals surface area (Å²) in [6.45, 7) is -0.621. The minimum Gasteiger partial charge on any atom is -0.316 e. The molecule has 1 heterocycles. The predicted molar refractivity (Wildman–Crippen MR) is 102 cm³/mol. The second-order valence-corrected chi connectivity index (χ2v) is 6.95. The van der Waals surface area contributed by atoms with Crippen LogP contribution in [0, 0.1) is 11.3 Å². The molecule has 2 aromatic rings. The van der Waals surface area contributed by atoms with Gasteiger partial charge in [0, 0.05) is 24.7 Å². The van der Waals surface area contributed by atoms with Gasteiger partial charge in [-0.3, -0.25) is 9.69 Å². The number of likely N-dealkylation sites (N-methyl/N-ethyl adjacent to an activating group) is 1. The van der Waals surface area contributed by atoms with E-state index >= 15 is 0 Å². The molecular weight excluding hydrogens is 357 g/mol. The number of rotatable bonds is 3. The molecule has 0 radical (unpaired) electrons. The number of amides is 2. The third-order valence-electron chi connectivity index (χ3n) is 5.30. The highest BCUT2D eigenvalue weighted by Crippen LogP contribution is 2.44. The Labute approximate surface area is 162 Å². The summed E-state index contributed by atoms with van der Waals surface area (Å²) in [5.41, 5.74) is 3.62. The van der Waals surface area contributed by atoms with Crippen LogP contribution in [0.25, 0.3) is 0 Å². The summed E-state index contributed by atoms with van der Waals surface area (Å²) in [5, 5.41) is 9.02. The van der Waals surface area contributed by atoms with Gasteiger partial charge in [-0.2, -0.15) is 5.26 Å². The lowest BCUT2D eigenvalue weighted by Gasteiger charge is -2.40. The Morgan fingerprint density at radius 1 is 1.14 bits per heavy atom. The van der Waals surface area contributed by atoms with Crippen molar-refractivity contribution in [2.24, 2.45) is 0 Å². The summed E-state index contributed by atoms with van der Waals surface area (Å²) in [5.74, 6) is 0.00959. The number of hydrogen-bond donors (Lipinski definition) is 0. The summed E-state index contributed by atoms with van der Waals surface area (Å²) >= 11 is 0. The molecule has 1 aliphatic carbocycles. The van der Waals surface area contributed by atoms with E-state index in [4.69, 9.17) is 5.26 Å². The molecule has 1 unspecified atom stereocenters. The lowest BCUT2D eigenvalue weighted by atomic mass is 9.93. The molecular formula is C22H18FN3O2. The molecule has 0 saturated carbocycles. The van der Waals surface area contributed by atoms with Crippen molar-refractivity contribution in [1.82, 2.24) is 4.90 Å². The number of hydrogen-bond acceptors (Lipinski definition) is 3. The van der Waals surface area contributed by atoms with Gasteiger partial charge in [0.2, 0.25) is 0 Å². The normalized spacial score (nSPS) is 19.1. The average molecular weight is 375 g/mol. The van der Waals surface area contributed by atoms with Gasteiger partial charge in [0.1, 0.15) is 6.67 Å². The van der Waals surface area contributed by atoms with Crippen molar-refractivity contribution in [1.29, 1.82) is 5.26 Å². The third-order valence-corrected chi connectivity index (χ3v) is 5.30. The van der Waals surface area contributed by atoms with Crippen molar-refractivity contribution in [2.45, 2.75) is 25.6 Å². The lowest BCUT2D eigenvalue weighted by Crippen LogP contribution is -2.48. The molecule has 1 atom stereocenters. The second kappa shape index (κ2) is 6.93. The van der Waals surface area contributed by atoms with Gasteiger partial charge in [-0.15, -0.1) is 0 Å². The predicted octanol–water partition coefficient (Wildman–Crippen LogP) is 4.26. The van der Waals surface area contributed by atoms with Crippen molar-refractivity contribution in [3.05, 3.63) is 76.5 Å². The van der Waals surface area contributed by atoms with E-state index in [1.807, 2.05) is 0 Å². The molecule has 0 saturated heterocycles. The van der Waals surface area contributed by atoms with Crippen LogP contribution in [0.15, 0.2) is 59.8 Å². The molecule has 4 rings (SSSR count). The third kappa shape index (κ3) is 2.76. The van der Waals surface area contributed by atoms with Crippen molar-refractivity contribution in [3.8, 4) is 6.07 Å². The number of carbonyl (C=O) groups is 2. The van der Waals surface area contributed by atoms with Gasteiger partial charge >= 0.3 is 6.03 Å². The fraction of sp³-hybridized carbons (Fsp3) is 0.227. The van der Waals surface area contributed by atoms with Crippen molar-refractivity contribution in [3.63, 3.8) is 0 Å². The fourth-order valence-electron chi connectivity index (χ4n) is 3.96. The highest BCUT2D eigenvalue weighted by molar-refractivity contribution is 6.08. The summed E-state index contributed by atoms with van der Waals surface area (Å²) in [6.07, 6.45) is 0.818. The first-order valence-corrected chi connectivity index (χ1v) is 9.03. The Hall–Kier alpha value is -3.46. The van der Waals surface area contributed by atoms with Crippen LogP contribution >= 0.6 is 0 Å². The van der Waals surface area contributed by atoms with Crippen LogP contribution < -0.4 is 4.90 Å². The number of nitrogens with zero attached hydrogens (tertiary/aromatic N) is 3. The van der Waals surface area contributed by atoms with Crippen LogP contribution in [-0.2, 0) is 11.5 Å². The minimum absolute atomic E-state index is 0.00959. The largest absolute Gasteiger partial charge is 0.329 e. The Balaban J connectivity index is 1.85. The molecule has 0 N–H and O–H groups in total. The van der Waals surface area contributed by atoms with E-state index in [1.165, 1.54) is 9.80 Å². The highest BCUT2D eigenvalue weighted by Gasteiger charge is 2.44. The minimum atomic E-state index is -0.621. The molecule has 2 amide bonds. The van der Waals surface area contributed by atoms with E-state index in [2.05, 4.69) is 6.07 Å². The summed E-state index contributed by atoms with van der Waals surface area (Å²) < 4.78 is 13.1. The first-order valence-electron chi connectivity index (χ1n) is 9.03. The zero-order chi connectivity index (χ0) is 19.8. The molecule has 0 fully saturated rings. The Morgan fingerprint density at radius 3 is 2.57 bits per heavy atom. The molecule has 2 aliphatic rings. The quantitative estimate of drug-likeness (QED) is 0.805. The van der Waals surface area contributed by atoms with Crippen LogP contribution in [0.5, 0.6) is 0 Å². The topological polar surface area (TPSA) is 64.4 Å². The molecule has 5 nitrogen and oxygen atoms in total. The molecule has 140 valence electrons.